The van der Waals surface area contributed by atoms with E-state index in [1.165, 1.54) is 0 Å². The van der Waals surface area contributed by atoms with Crippen LogP contribution < -0.4 is 5.73 Å². The molecule has 7 heteroatoms. The van der Waals surface area contributed by atoms with Crippen LogP contribution in [0.25, 0.3) is 0 Å². The van der Waals surface area contributed by atoms with Crippen molar-refractivity contribution in [2.24, 2.45) is 5.73 Å². The molecule has 2 N–H and O–H groups in total. The van der Waals surface area contributed by atoms with Crippen molar-refractivity contribution >= 4 is 23.2 Å². The molecule has 0 radical (unpaired) electrons. The molecule has 1 atom stereocenters. The van der Waals surface area contributed by atoms with Crippen molar-refractivity contribution < 1.29 is 17.9 Å². The minimum absolute atomic E-state index is 0.0685. The Morgan fingerprint density at radius 2 is 1.89 bits per heavy atom. The zero-order valence-corrected chi connectivity index (χ0v) is 10.8. The standard InChI is InChI=1S/C11H12Cl2F3NO/c12-8-2-1-7(5-9(8)13)10(17)3-4-18-6-11(14,15)16/h1-2,5,10H,3-4,6,17H2. The number of alkyl halides is 3. The van der Waals surface area contributed by atoms with Crippen LogP contribution in [-0.4, -0.2) is 19.4 Å². The maximum atomic E-state index is 11.8. The molecular formula is C11H12Cl2F3NO. The first-order valence-electron chi connectivity index (χ1n) is 5.14. The summed E-state index contributed by atoms with van der Waals surface area (Å²) >= 11 is 11.6. The van der Waals surface area contributed by atoms with Crippen LogP contribution in [0.2, 0.25) is 10.0 Å². The van der Waals surface area contributed by atoms with Crippen LogP contribution in [0.1, 0.15) is 18.0 Å². The van der Waals surface area contributed by atoms with E-state index in [0.29, 0.717) is 15.6 Å². The second-order valence-corrected chi connectivity index (χ2v) is 4.55. The van der Waals surface area contributed by atoms with Crippen LogP contribution >= 0.6 is 23.2 Å². The Morgan fingerprint density at radius 3 is 2.44 bits per heavy atom. The largest absolute Gasteiger partial charge is 0.411 e. The van der Waals surface area contributed by atoms with Gasteiger partial charge in [-0.15, -0.1) is 0 Å². The molecule has 0 bridgehead atoms. The first kappa shape index (κ1) is 15.6. The predicted molar refractivity (Wildman–Crippen MR) is 64.9 cm³/mol. The number of ether oxygens (including phenoxy) is 1. The summed E-state index contributed by atoms with van der Waals surface area (Å²) in [6.45, 7) is -1.33. The molecule has 0 aliphatic carbocycles. The first-order chi connectivity index (χ1) is 8.29. The van der Waals surface area contributed by atoms with Gasteiger partial charge in [0.15, 0.2) is 0 Å². The molecule has 0 saturated carbocycles. The second kappa shape index (κ2) is 6.61. The van der Waals surface area contributed by atoms with Gasteiger partial charge in [0.2, 0.25) is 0 Å². The number of hydrogen-bond acceptors (Lipinski definition) is 2. The van der Waals surface area contributed by atoms with E-state index in [1.807, 2.05) is 0 Å². The highest BCUT2D eigenvalue weighted by Crippen LogP contribution is 2.26. The topological polar surface area (TPSA) is 35.2 Å². The van der Waals surface area contributed by atoms with E-state index in [0.717, 1.165) is 0 Å². The Bertz CT molecular complexity index is 398. The fourth-order valence-electron chi connectivity index (χ4n) is 1.31. The van der Waals surface area contributed by atoms with E-state index in [-0.39, 0.29) is 13.0 Å². The number of benzene rings is 1. The second-order valence-electron chi connectivity index (χ2n) is 3.74. The van der Waals surface area contributed by atoms with E-state index in [9.17, 15) is 13.2 Å². The van der Waals surface area contributed by atoms with Crippen molar-refractivity contribution in [3.8, 4) is 0 Å². The van der Waals surface area contributed by atoms with E-state index < -0.39 is 18.8 Å². The van der Waals surface area contributed by atoms with Gasteiger partial charge in [0.1, 0.15) is 6.61 Å². The van der Waals surface area contributed by atoms with Gasteiger partial charge in [0.05, 0.1) is 10.0 Å². The van der Waals surface area contributed by atoms with Crippen LogP contribution in [0.5, 0.6) is 0 Å². The minimum Gasteiger partial charge on any atom is -0.372 e. The minimum atomic E-state index is -4.31. The van der Waals surface area contributed by atoms with Gasteiger partial charge in [-0.05, 0) is 24.1 Å². The molecular weight excluding hydrogens is 290 g/mol. The van der Waals surface area contributed by atoms with Gasteiger partial charge in [-0.2, -0.15) is 13.2 Å². The SMILES string of the molecule is NC(CCOCC(F)(F)F)c1ccc(Cl)c(Cl)c1. The zero-order chi connectivity index (χ0) is 13.8. The Morgan fingerprint density at radius 1 is 1.22 bits per heavy atom. The van der Waals surface area contributed by atoms with Crippen molar-refractivity contribution in [2.75, 3.05) is 13.2 Å². The lowest BCUT2D eigenvalue weighted by atomic mass is 10.1. The molecule has 18 heavy (non-hydrogen) atoms. The summed E-state index contributed by atoms with van der Waals surface area (Å²) in [6.07, 6.45) is -4.04. The lowest BCUT2D eigenvalue weighted by molar-refractivity contribution is -0.174. The highest BCUT2D eigenvalue weighted by molar-refractivity contribution is 6.42. The monoisotopic (exact) mass is 301 g/mol. The number of rotatable bonds is 5. The molecule has 102 valence electrons. The summed E-state index contributed by atoms with van der Waals surface area (Å²) in [7, 11) is 0. The van der Waals surface area contributed by atoms with E-state index >= 15 is 0 Å². The summed E-state index contributed by atoms with van der Waals surface area (Å²) < 4.78 is 39.9. The molecule has 0 amide bonds. The molecule has 0 fully saturated rings. The van der Waals surface area contributed by atoms with Gasteiger partial charge >= 0.3 is 6.18 Å². The summed E-state index contributed by atoms with van der Waals surface area (Å²) in [5.74, 6) is 0. The van der Waals surface area contributed by atoms with Crippen molar-refractivity contribution in [2.45, 2.75) is 18.6 Å². The zero-order valence-electron chi connectivity index (χ0n) is 9.31. The Kier molecular flexibility index (Phi) is 5.72. The average Bonchev–Trinajstić information content (AvgIpc) is 2.26. The van der Waals surface area contributed by atoms with Gasteiger partial charge in [0.25, 0.3) is 0 Å². The van der Waals surface area contributed by atoms with Crippen LogP contribution in [0.15, 0.2) is 18.2 Å². The molecule has 0 aliphatic rings. The third-order valence-electron chi connectivity index (χ3n) is 2.21. The molecule has 0 aromatic heterocycles. The molecule has 1 aromatic rings. The van der Waals surface area contributed by atoms with Crippen LogP contribution in [0.4, 0.5) is 13.2 Å². The average molecular weight is 302 g/mol. The molecule has 1 unspecified atom stereocenters. The lowest BCUT2D eigenvalue weighted by Gasteiger charge is -2.13. The van der Waals surface area contributed by atoms with Gasteiger partial charge in [-0.25, -0.2) is 0 Å². The Balaban J connectivity index is 2.41. The maximum Gasteiger partial charge on any atom is 0.411 e. The van der Waals surface area contributed by atoms with E-state index in [2.05, 4.69) is 4.74 Å². The molecule has 2 nitrogen and oxygen atoms in total. The van der Waals surface area contributed by atoms with Crippen molar-refractivity contribution in [1.82, 2.24) is 0 Å². The van der Waals surface area contributed by atoms with Crippen molar-refractivity contribution in [3.05, 3.63) is 33.8 Å². The van der Waals surface area contributed by atoms with Gasteiger partial charge < -0.3 is 10.5 Å². The fourth-order valence-corrected chi connectivity index (χ4v) is 1.61. The van der Waals surface area contributed by atoms with Crippen LogP contribution in [0.3, 0.4) is 0 Å². The van der Waals surface area contributed by atoms with Crippen molar-refractivity contribution in [1.29, 1.82) is 0 Å². The first-order valence-corrected chi connectivity index (χ1v) is 5.90. The lowest BCUT2D eigenvalue weighted by Crippen LogP contribution is -2.19. The summed E-state index contributed by atoms with van der Waals surface area (Å²) in [6, 6.07) is 4.43. The fraction of sp³-hybridized carbons (Fsp3) is 0.455. The number of halogens is 5. The molecule has 1 rings (SSSR count). The number of hydrogen-bond donors (Lipinski definition) is 1. The highest BCUT2D eigenvalue weighted by atomic mass is 35.5. The molecule has 0 saturated heterocycles. The third kappa shape index (κ3) is 5.44. The van der Waals surface area contributed by atoms with Crippen LogP contribution in [0, 0.1) is 0 Å². The number of nitrogens with two attached hydrogens (primary N) is 1. The van der Waals surface area contributed by atoms with Gasteiger partial charge in [-0.1, -0.05) is 29.3 Å². The summed E-state index contributed by atoms with van der Waals surface area (Å²) in [4.78, 5) is 0. The Hall–Kier alpha value is -0.490. The van der Waals surface area contributed by atoms with E-state index in [4.69, 9.17) is 28.9 Å². The van der Waals surface area contributed by atoms with Gasteiger partial charge in [0, 0.05) is 12.6 Å². The highest BCUT2D eigenvalue weighted by Gasteiger charge is 2.27. The smallest absolute Gasteiger partial charge is 0.372 e. The molecule has 1 aromatic carbocycles. The van der Waals surface area contributed by atoms with E-state index in [1.54, 1.807) is 18.2 Å². The predicted octanol–water partition coefficient (Wildman–Crippen LogP) is 3.96. The summed E-state index contributed by atoms with van der Waals surface area (Å²) in [5.41, 5.74) is 6.51. The van der Waals surface area contributed by atoms with Crippen molar-refractivity contribution in [3.63, 3.8) is 0 Å². The quantitative estimate of drug-likeness (QED) is 0.836. The summed E-state index contributed by atoms with van der Waals surface area (Å²) in [5, 5.41) is 0.766. The molecule has 0 heterocycles. The Labute approximate surface area is 113 Å². The molecule has 0 spiro atoms. The maximum absolute atomic E-state index is 11.8. The van der Waals surface area contributed by atoms with Gasteiger partial charge in [-0.3, -0.25) is 0 Å². The normalized spacial score (nSPS) is 13.7. The van der Waals surface area contributed by atoms with Crippen LogP contribution in [-0.2, 0) is 4.74 Å². The third-order valence-corrected chi connectivity index (χ3v) is 2.95. The molecule has 0 aliphatic heterocycles.